The van der Waals surface area contributed by atoms with E-state index in [9.17, 15) is 9.59 Å². The summed E-state index contributed by atoms with van der Waals surface area (Å²) >= 11 is 6.21. The van der Waals surface area contributed by atoms with Crippen LogP contribution >= 0.6 is 11.6 Å². The molecule has 1 aromatic rings. The molecule has 2 atom stereocenters. The number of hydrogen-bond donors (Lipinski definition) is 0. The fraction of sp³-hybridized carbons (Fsp3) is 0.579. The number of hydrogen-bond acceptors (Lipinski definition) is 3. The molecule has 0 radical (unpaired) electrons. The second-order valence-corrected chi connectivity index (χ2v) is 7.80. The molecule has 3 saturated heterocycles. The van der Waals surface area contributed by atoms with Crippen molar-refractivity contribution < 1.29 is 9.59 Å². The maximum atomic E-state index is 12.9. The highest BCUT2D eigenvalue weighted by Gasteiger charge is 2.37. The van der Waals surface area contributed by atoms with Crippen molar-refractivity contribution in [2.24, 2.45) is 5.92 Å². The van der Waals surface area contributed by atoms with Crippen molar-refractivity contribution in [1.29, 1.82) is 0 Å². The predicted octanol–water partition coefficient (Wildman–Crippen LogP) is 1.89. The minimum Gasteiger partial charge on any atom is -0.348 e. The molecule has 1 aromatic carbocycles. The summed E-state index contributed by atoms with van der Waals surface area (Å²) in [5.74, 6) is 0.711. The Bertz CT molecular complexity index is 649. The Balaban J connectivity index is 1.67. The molecule has 4 rings (SSSR count). The van der Waals surface area contributed by atoms with Crippen LogP contribution in [0.1, 0.15) is 18.4 Å². The lowest BCUT2D eigenvalue weighted by Gasteiger charge is -2.36. The summed E-state index contributed by atoms with van der Waals surface area (Å²) < 4.78 is 0. The lowest BCUT2D eigenvalue weighted by atomic mass is 9.94. The zero-order chi connectivity index (χ0) is 18.0. The van der Waals surface area contributed by atoms with Crippen molar-refractivity contribution in [1.82, 2.24) is 14.7 Å². The first-order chi connectivity index (χ1) is 11.9. The van der Waals surface area contributed by atoms with E-state index in [4.69, 9.17) is 11.6 Å². The number of amides is 2. The highest BCUT2D eigenvalue weighted by Crippen LogP contribution is 2.29. The first kappa shape index (κ1) is 18.2. The lowest BCUT2D eigenvalue weighted by Crippen LogP contribution is -2.48. The summed E-state index contributed by atoms with van der Waals surface area (Å²) in [6.07, 6.45) is 2.50. The van der Waals surface area contributed by atoms with Crippen molar-refractivity contribution in [2.75, 3.05) is 40.3 Å². The second-order valence-electron chi connectivity index (χ2n) is 7.39. The minimum absolute atomic E-state index is 0.121. The summed E-state index contributed by atoms with van der Waals surface area (Å²) in [4.78, 5) is 30.8. The quantitative estimate of drug-likeness (QED) is 0.820. The average Bonchev–Trinajstić information content (AvgIpc) is 2.87. The van der Waals surface area contributed by atoms with E-state index in [1.54, 1.807) is 19.0 Å². The van der Waals surface area contributed by atoms with E-state index in [0.717, 1.165) is 38.0 Å². The third kappa shape index (κ3) is 4.33. The standard InChI is InChI=1S/C19H26ClN3O2/c1-21(2)19(25)13-22-10-14-7-8-16(12-22)23(11-14)18(24)9-15-5-3-4-6-17(15)20/h3-6,14,16H,7-13H2,1-2H3/t14-,16+/m1/s1. The molecule has 3 aliphatic rings. The van der Waals surface area contributed by atoms with Gasteiger partial charge in [0, 0.05) is 44.8 Å². The first-order valence-electron chi connectivity index (χ1n) is 8.89. The largest absolute Gasteiger partial charge is 0.348 e. The van der Waals surface area contributed by atoms with Gasteiger partial charge in [0.05, 0.1) is 13.0 Å². The SMILES string of the molecule is CN(C)C(=O)CN1C[C@H]2CC[C@@H](C1)N(C(=O)Cc1ccccc1Cl)C2. The third-order valence-electron chi connectivity index (χ3n) is 5.27. The molecular weight excluding hydrogens is 338 g/mol. The van der Waals surface area contributed by atoms with Gasteiger partial charge < -0.3 is 9.80 Å². The van der Waals surface area contributed by atoms with Gasteiger partial charge in [-0.25, -0.2) is 0 Å². The lowest BCUT2D eigenvalue weighted by molar-refractivity contribution is -0.134. The number of fused-ring (bicyclic) bond motifs is 4. The summed E-state index contributed by atoms with van der Waals surface area (Å²) in [7, 11) is 3.57. The van der Waals surface area contributed by atoms with Gasteiger partial charge in [-0.2, -0.15) is 0 Å². The van der Waals surface area contributed by atoms with Crippen molar-refractivity contribution in [2.45, 2.75) is 25.3 Å². The molecule has 3 aliphatic heterocycles. The molecule has 3 heterocycles. The Morgan fingerprint density at radius 2 is 1.92 bits per heavy atom. The van der Waals surface area contributed by atoms with Crippen molar-refractivity contribution >= 4 is 23.4 Å². The average molecular weight is 364 g/mol. The third-order valence-corrected chi connectivity index (χ3v) is 5.64. The van der Waals surface area contributed by atoms with Gasteiger partial charge in [0.25, 0.3) is 0 Å². The van der Waals surface area contributed by atoms with E-state index in [0.29, 0.717) is 23.9 Å². The van der Waals surface area contributed by atoms with Crippen molar-refractivity contribution in [3.63, 3.8) is 0 Å². The number of benzene rings is 1. The van der Waals surface area contributed by atoms with E-state index in [1.165, 1.54) is 0 Å². The highest BCUT2D eigenvalue weighted by atomic mass is 35.5. The highest BCUT2D eigenvalue weighted by molar-refractivity contribution is 6.31. The van der Waals surface area contributed by atoms with E-state index in [-0.39, 0.29) is 17.9 Å². The van der Waals surface area contributed by atoms with Gasteiger partial charge in [-0.1, -0.05) is 29.8 Å². The maximum absolute atomic E-state index is 12.9. The molecule has 0 unspecified atom stereocenters. The molecule has 6 heteroatoms. The molecule has 0 aliphatic carbocycles. The zero-order valence-corrected chi connectivity index (χ0v) is 15.7. The molecular formula is C19H26ClN3O2. The molecule has 0 spiro atoms. The van der Waals surface area contributed by atoms with Gasteiger partial charge in [0.1, 0.15) is 0 Å². The summed E-state index contributed by atoms with van der Waals surface area (Å²) in [5, 5.41) is 0.647. The van der Waals surface area contributed by atoms with Crippen LogP contribution in [0, 0.1) is 5.92 Å². The summed E-state index contributed by atoms with van der Waals surface area (Å²) in [6.45, 7) is 2.91. The molecule has 136 valence electrons. The van der Waals surface area contributed by atoms with Crippen LogP contribution in [0.15, 0.2) is 24.3 Å². The van der Waals surface area contributed by atoms with Crippen LogP contribution in [0.3, 0.4) is 0 Å². The molecule has 0 N–H and O–H groups in total. The summed E-state index contributed by atoms with van der Waals surface area (Å²) in [6, 6.07) is 7.73. The van der Waals surface area contributed by atoms with Crippen LogP contribution in [0.2, 0.25) is 5.02 Å². The fourth-order valence-electron chi connectivity index (χ4n) is 3.85. The molecule has 0 aromatic heterocycles. The van der Waals surface area contributed by atoms with Crippen LogP contribution in [0.25, 0.3) is 0 Å². The maximum Gasteiger partial charge on any atom is 0.236 e. The molecule has 25 heavy (non-hydrogen) atoms. The molecule has 2 amide bonds. The van der Waals surface area contributed by atoms with Gasteiger partial charge in [0.15, 0.2) is 0 Å². The smallest absolute Gasteiger partial charge is 0.236 e. The van der Waals surface area contributed by atoms with Crippen LogP contribution in [-0.4, -0.2) is 72.8 Å². The molecule has 2 bridgehead atoms. The minimum atomic E-state index is 0.121. The Kier molecular flexibility index (Phi) is 5.64. The Hall–Kier alpha value is -1.59. The normalized spacial score (nSPS) is 23.4. The van der Waals surface area contributed by atoms with Crippen LogP contribution in [-0.2, 0) is 16.0 Å². The molecule has 3 fully saturated rings. The number of nitrogens with zero attached hydrogens (tertiary/aromatic N) is 3. The number of carbonyl (C=O) groups excluding carboxylic acids is 2. The number of halogens is 1. The van der Waals surface area contributed by atoms with E-state index in [1.807, 2.05) is 29.2 Å². The number of piperidine rings is 1. The Morgan fingerprint density at radius 1 is 1.16 bits per heavy atom. The molecule has 5 nitrogen and oxygen atoms in total. The number of carbonyl (C=O) groups is 2. The van der Waals surface area contributed by atoms with E-state index in [2.05, 4.69) is 4.90 Å². The van der Waals surface area contributed by atoms with Gasteiger partial charge in [-0.3, -0.25) is 14.5 Å². The van der Waals surface area contributed by atoms with Crippen LogP contribution < -0.4 is 0 Å². The Labute approximate surface area is 154 Å². The van der Waals surface area contributed by atoms with E-state index >= 15 is 0 Å². The Morgan fingerprint density at radius 3 is 2.64 bits per heavy atom. The number of likely N-dealkylation sites (N-methyl/N-ethyl adjacent to an activating group) is 1. The summed E-state index contributed by atoms with van der Waals surface area (Å²) in [5.41, 5.74) is 0.883. The predicted molar refractivity (Wildman–Crippen MR) is 98.5 cm³/mol. The van der Waals surface area contributed by atoms with Crippen LogP contribution in [0.4, 0.5) is 0 Å². The zero-order valence-electron chi connectivity index (χ0n) is 14.9. The van der Waals surface area contributed by atoms with Crippen molar-refractivity contribution in [3.8, 4) is 0 Å². The first-order valence-corrected chi connectivity index (χ1v) is 9.27. The van der Waals surface area contributed by atoms with Crippen LogP contribution in [0.5, 0.6) is 0 Å². The monoisotopic (exact) mass is 363 g/mol. The number of rotatable bonds is 4. The van der Waals surface area contributed by atoms with E-state index < -0.39 is 0 Å². The fourth-order valence-corrected chi connectivity index (χ4v) is 4.06. The topological polar surface area (TPSA) is 43.9 Å². The van der Waals surface area contributed by atoms with Gasteiger partial charge in [0.2, 0.25) is 11.8 Å². The van der Waals surface area contributed by atoms with Gasteiger partial charge in [-0.15, -0.1) is 0 Å². The van der Waals surface area contributed by atoms with Gasteiger partial charge >= 0.3 is 0 Å². The second kappa shape index (κ2) is 7.75. The van der Waals surface area contributed by atoms with Crippen molar-refractivity contribution in [3.05, 3.63) is 34.9 Å². The molecule has 0 saturated carbocycles. The van der Waals surface area contributed by atoms with Gasteiger partial charge in [-0.05, 0) is 30.4 Å².